The molecule has 0 amide bonds. The highest BCUT2D eigenvalue weighted by Gasteiger charge is 2.13. The van der Waals surface area contributed by atoms with Crippen LogP contribution in [0.5, 0.6) is 0 Å². The first-order valence-corrected chi connectivity index (χ1v) is 7.50. The Morgan fingerprint density at radius 2 is 2.09 bits per heavy atom. The third-order valence-electron chi connectivity index (χ3n) is 3.25. The summed E-state index contributed by atoms with van der Waals surface area (Å²) >= 11 is 1.47. The monoisotopic (exact) mass is 318 g/mol. The summed E-state index contributed by atoms with van der Waals surface area (Å²) in [5.41, 5.74) is 2.43. The lowest BCUT2D eigenvalue weighted by Crippen LogP contribution is -2.23. The van der Waals surface area contributed by atoms with Gasteiger partial charge in [0.05, 0.1) is 11.9 Å². The van der Waals surface area contributed by atoms with Gasteiger partial charge in [0.15, 0.2) is 0 Å². The molecule has 0 saturated heterocycles. The Kier molecular flexibility index (Phi) is 3.72. The zero-order valence-electron chi connectivity index (χ0n) is 12.0. The van der Waals surface area contributed by atoms with Gasteiger partial charge < -0.3 is 5.21 Å². The second-order valence-corrected chi connectivity index (χ2v) is 5.73. The van der Waals surface area contributed by atoms with Gasteiger partial charge in [-0.25, -0.2) is 4.79 Å². The highest BCUT2D eigenvalue weighted by Crippen LogP contribution is 2.26. The Labute approximate surface area is 129 Å². The summed E-state index contributed by atoms with van der Waals surface area (Å²) in [6, 6.07) is 7.41. The number of hydrogen-bond donors (Lipinski definition) is 1. The van der Waals surface area contributed by atoms with Crippen LogP contribution in [0.1, 0.15) is 11.1 Å². The number of nitrogens with zero attached hydrogens (tertiary/aromatic N) is 6. The average molecular weight is 318 g/mol. The normalized spacial score (nSPS) is 11.0. The molecule has 2 aromatic heterocycles. The number of benzene rings is 1. The van der Waals surface area contributed by atoms with Crippen molar-refractivity contribution in [2.75, 3.05) is 0 Å². The highest BCUT2D eigenvalue weighted by molar-refractivity contribution is 7.98. The second kappa shape index (κ2) is 5.68. The maximum absolute atomic E-state index is 12.1. The zero-order valence-corrected chi connectivity index (χ0v) is 12.9. The largest absolute Gasteiger partial charge is 0.412 e. The van der Waals surface area contributed by atoms with E-state index in [1.54, 1.807) is 13.1 Å². The first-order valence-electron chi connectivity index (χ1n) is 6.52. The minimum atomic E-state index is -0.295. The van der Waals surface area contributed by atoms with Crippen LogP contribution >= 0.6 is 11.8 Å². The molecule has 114 valence electrons. The van der Waals surface area contributed by atoms with Crippen LogP contribution < -0.4 is 5.69 Å². The third kappa shape index (κ3) is 2.62. The molecule has 0 bridgehead atoms. The summed E-state index contributed by atoms with van der Waals surface area (Å²) in [7, 11) is 1.56. The predicted molar refractivity (Wildman–Crippen MR) is 80.3 cm³/mol. The van der Waals surface area contributed by atoms with E-state index >= 15 is 0 Å². The summed E-state index contributed by atoms with van der Waals surface area (Å²) in [5.74, 6) is 0.599. The molecule has 0 saturated carbocycles. The summed E-state index contributed by atoms with van der Waals surface area (Å²) < 4.78 is 2.47. The Morgan fingerprint density at radius 1 is 1.27 bits per heavy atom. The standard InChI is InChI=1S/C13H14N6O2S/c1-9-4-3-5-11(19-13(20)17(2)15-16-19)10(9)8-22-12-6-7-18(21)14-12/h3-7,21H,8H2,1-2H3. The summed E-state index contributed by atoms with van der Waals surface area (Å²) in [5, 5.41) is 21.5. The summed E-state index contributed by atoms with van der Waals surface area (Å²) in [4.78, 5) is 12.8. The van der Waals surface area contributed by atoms with E-state index in [0.29, 0.717) is 16.5 Å². The van der Waals surface area contributed by atoms with Crippen LogP contribution in [-0.2, 0) is 12.8 Å². The molecule has 8 nitrogen and oxygen atoms in total. The topological polar surface area (TPSA) is 90.8 Å². The molecule has 0 spiro atoms. The first-order chi connectivity index (χ1) is 10.6. The van der Waals surface area contributed by atoms with Crippen LogP contribution in [0.3, 0.4) is 0 Å². The lowest BCUT2D eigenvalue weighted by atomic mass is 10.1. The van der Waals surface area contributed by atoms with Crippen molar-refractivity contribution in [3.63, 3.8) is 0 Å². The van der Waals surface area contributed by atoms with E-state index in [-0.39, 0.29) is 5.69 Å². The fraction of sp³-hybridized carbons (Fsp3) is 0.231. The molecule has 1 aromatic carbocycles. The molecular formula is C13H14N6O2S. The van der Waals surface area contributed by atoms with Crippen molar-refractivity contribution in [1.82, 2.24) is 29.7 Å². The molecule has 0 aliphatic rings. The van der Waals surface area contributed by atoms with Crippen molar-refractivity contribution in [2.24, 2.45) is 7.05 Å². The zero-order chi connectivity index (χ0) is 15.7. The van der Waals surface area contributed by atoms with Crippen LogP contribution in [0.4, 0.5) is 0 Å². The molecule has 0 aliphatic carbocycles. The lowest BCUT2D eigenvalue weighted by molar-refractivity contribution is 0.145. The minimum Gasteiger partial charge on any atom is -0.412 e. The summed E-state index contributed by atoms with van der Waals surface area (Å²) in [6.07, 6.45) is 1.47. The van der Waals surface area contributed by atoms with Crippen molar-refractivity contribution in [3.05, 3.63) is 52.1 Å². The molecule has 3 aromatic rings. The predicted octanol–water partition coefficient (Wildman–Crippen LogP) is 1.00. The number of rotatable bonds is 4. The number of thioether (sulfide) groups is 1. The van der Waals surface area contributed by atoms with Gasteiger partial charge in [-0.15, -0.1) is 9.94 Å². The molecule has 0 aliphatic heterocycles. The molecule has 1 N–H and O–H groups in total. The number of aryl methyl sites for hydroxylation is 2. The highest BCUT2D eigenvalue weighted by atomic mass is 32.2. The number of hydrogen-bond acceptors (Lipinski definition) is 6. The molecule has 0 atom stereocenters. The molecule has 0 radical (unpaired) electrons. The third-order valence-corrected chi connectivity index (χ3v) is 4.20. The Bertz CT molecular complexity index is 866. The van der Waals surface area contributed by atoms with E-state index in [1.165, 1.54) is 27.3 Å². The van der Waals surface area contributed by atoms with Crippen molar-refractivity contribution < 1.29 is 5.21 Å². The molecule has 22 heavy (non-hydrogen) atoms. The van der Waals surface area contributed by atoms with E-state index in [0.717, 1.165) is 16.0 Å². The number of aromatic nitrogens is 6. The molecular weight excluding hydrogens is 304 g/mol. The minimum absolute atomic E-state index is 0.295. The van der Waals surface area contributed by atoms with Crippen LogP contribution in [0, 0.1) is 6.92 Å². The van der Waals surface area contributed by atoms with Gasteiger partial charge in [-0.05, 0) is 40.6 Å². The molecule has 9 heteroatoms. The molecule has 3 rings (SSSR count). The SMILES string of the molecule is Cc1cccc(-n2nnn(C)c2=O)c1CSc1ccn(O)n1. The van der Waals surface area contributed by atoms with Crippen LogP contribution in [-0.4, -0.2) is 34.9 Å². The molecule has 0 unspecified atom stereocenters. The smallest absolute Gasteiger partial charge is 0.368 e. The fourth-order valence-corrected chi connectivity index (χ4v) is 3.03. The number of tetrazole rings is 1. The van der Waals surface area contributed by atoms with Gasteiger partial charge in [-0.1, -0.05) is 23.9 Å². The Hall–Kier alpha value is -2.55. The van der Waals surface area contributed by atoms with Gasteiger partial charge in [0, 0.05) is 12.8 Å². The van der Waals surface area contributed by atoms with Crippen LogP contribution in [0.15, 0.2) is 40.3 Å². The second-order valence-electron chi connectivity index (χ2n) is 4.73. The average Bonchev–Trinajstić information content (AvgIpc) is 3.05. The van der Waals surface area contributed by atoms with E-state index in [4.69, 9.17) is 0 Å². The van der Waals surface area contributed by atoms with Gasteiger partial charge >= 0.3 is 5.69 Å². The Balaban J connectivity index is 1.96. The quantitative estimate of drug-likeness (QED) is 0.570. The van der Waals surface area contributed by atoms with Crippen LogP contribution in [0.2, 0.25) is 0 Å². The van der Waals surface area contributed by atoms with E-state index in [2.05, 4.69) is 15.5 Å². The fourth-order valence-electron chi connectivity index (χ4n) is 2.06. The maximum Gasteiger partial charge on any atom is 0.368 e. The maximum atomic E-state index is 12.1. The van der Waals surface area contributed by atoms with Gasteiger partial charge in [0.2, 0.25) is 0 Å². The van der Waals surface area contributed by atoms with E-state index in [9.17, 15) is 10.0 Å². The molecule has 2 heterocycles. The Morgan fingerprint density at radius 3 is 2.73 bits per heavy atom. The first kappa shape index (κ1) is 14.4. The van der Waals surface area contributed by atoms with Crippen molar-refractivity contribution >= 4 is 11.8 Å². The van der Waals surface area contributed by atoms with Crippen molar-refractivity contribution in [1.29, 1.82) is 0 Å². The molecule has 0 fully saturated rings. The van der Waals surface area contributed by atoms with E-state index in [1.807, 2.05) is 25.1 Å². The van der Waals surface area contributed by atoms with Gasteiger partial charge in [-0.2, -0.15) is 9.36 Å². The van der Waals surface area contributed by atoms with Gasteiger partial charge in [-0.3, -0.25) is 0 Å². The van der Waals surface area contributed by atoms with E-state index < -0.39 is 0 Å². The van der Waals surface area contributed by atoms with Crippen LogP contribution in [0.25, 0.3) is 5.69 Å². The van der Waals surface area contributed by atoms with Gasteiger partial charge in [0.25, 0.3) is 0 Å². The van der Waals surface area contributed by atoms with Crippen molar-refractivity contribution in [3.8, 4) is 5.69 Å². The van der Waals surface area contributed by atoms with Gasteiger partial charge in [0.1, 0.15) is 5.03 Å². The summed E-state index contributed by atoms with van der Waals surface area (Å²) in [6.45, 7) is 1.98. The van der Waals surface area contributed by atoms with Crippen molar-refractivity contribution in [2.45, 2.75) is 17.7 Å². The lowest BCUT2D eigenvalue weighted by Gasteiger charge is -2.10.